The molecule has 1 aliphatic heterocycles. The molecule has 0 unspecified atom stereocenters. The summed E-state index contributed by atoms with van der Waals surface area (Å²) in [6, 6.07) is 16.7. The van der Waals surface area contributed by atoms with Gasteiger partial charge in [0.1, 0.15) is 17.5 Å². The fraction of sp³-hybridized carbons (Fsp3) is 0.240. The van der Waals surface area contributed by atoms with E-state index in [0.717, 1.165) is 48.7 Å². The van der Waals surface area contributed by atoms with Crippen LogP contribution in [-0.4, -0.2) is 28.8 Å². The van der Waals surface area contributed by atoms with Gasteiger partial charge < -0.3 is 10.2 Å². The van der Waals surface area contributed by atoms with E-state index in [1.807, 2.05) is 48.0 Å². The fourth-order valence-corrected chi connectivity index (χ4v) is 4.38. The normalized spacial score (nSPS) is 14.1. The van der Waals surface area contributed by atoms with Crippen molar-refractivity contribution in [3.8, 4) is 11.8 Å². The van der Waals surface area contributed by atoms with Gasteiger partial charge in [0, 0.05) is 23.7 Å². The lowest BCUT2D eigenvalue weighted by Crippen LogP contribution is -2.31. The minimum absolute atomic E-state index is 0.0324. The number of carbonyl (C=O) groups is 1. The Morgan fingerprint density at radius 1 is 1.12 bits per heavy atom. The summed E-state index contributed by atoms with van der Waals surface area (Å²) in [6.07, 6.45) is 4.98. The van der Waals surface area contributed by atoms with E-state index in [4.69, 9.17) is 28.3 Å². The standard InChI is InChI=1S/C25H23Cl2N5O/c1-17-21(14-18(16-28)24(33)29-23-11-10-19(26)15-22(23)27)25(31-12-6-3-7-13-31)32(30-17)20-8-4-2-5-9-20/h2,4-5,8-11,14-15H,3,6-7,12-13H2,1H3,(H,29,33)/b18-14-. The highest BCUT2D eigenvalue weighted by Crippen LogP contribution is 2.32. The molecule has 0 atom stereocenters. The lowest BCUT2D eigenvalue weighted by Gasteiger charge is -2.29. The predicted octanol–water partition coefficient (Wildman–Crippen LogP) is 6.02. The van der Waals surface area contributed by atoms with Gasteiger partial charge in [-0.2, -0.15) is 10.4 Å². The number of anilines is 2. The second kappa shape index (κ2) is 10.1. The summed E-state index contributed by atoms with van der Waals surface area (Å²) in [7, 11) is 0. The number of nitriles is 1. The summed E-state index contributed by atoms with van der Waals surface area (Å²) in [4.78, 5) is 15.2. The maximum atomic E-state index is 12.9. The number of aryl methyl sites for hydroxylation is 1. The number of nitrogens with zero attached hydrogens (tertiary/aromatic N) is 4. The number of amides is 1. The zero-order valence-electron chi connectivity index (χ0n) is 18.2. The molecule has 168 valence electrons. The number of hydrogen-bond donors (Lipinski definition) is 1. The first-order valence-corrected chi connectivity index (χ1v) is 11.5. The van der Waals surface area contributed by atoms with E-state index in [2.05, 4.69) is 10.2 Å². The highest BCUT2D eigenvalue weighted by atomic mass is 35.5. The van der Waals surface area contributed by atoms with Crippen molar-refractivity contribution in [1.29, 1.82) is 5.26 Å². The number of carbonyl (C=O) groups excluding carboxylic acids is 1. The number of piperidine rings is 1. The smallest absolute Gasteiger partial charge is 0.266 e. The number of para-hydroxylation sites is 1. The molecule has 1 N–H and O–H groups in total. The van der Waals surface area contributed by atoms with Crippen LogP contribution in [0.15, 0.2) is 54.1 Å². The first-order chi connectivity index (χ1) is 16.0. The van der Waals surface area contributed by atoms with E-state index < -0.39 is 5.91 Å². The average Bonchev–Trinajstić information content (AvgIpc) is 3.16. The minimum Gasteiger partial charge on any atom is -0.356 e. The second-order valence-corrected chi connectivity index (χ2v) is 8.71. The molecule has 2 heterocycles. The third-order valence-electron chi connectivity index (χ3n) is 5.57. The molecule has 0 spiro atoms. The molecule has 2 aromatic carbocycles. The van der Waals surface area contributed by atoms with Crippen molar-refractivity contribution < 1.29 is 4.79 Å². The fourth-order valence-electron chi connectivity index (χ4n) is 3.93. The highest BCUT2D eigenvalue weighted by Gasteiger charge is 2.24. The molecule has 3 aromatic rings. The third-order valence-corrected chi connectivity index (χ3v) is 6.12. The van der Waals surface area contributed by atoms with Crippen molar-refractivity contribution in [2.24, 2.45) is 0 Å². The van der Waals surface area contributed by atoms with Crippen LogP contribution in [0.1, 0.15) is 30.5 Å². The molecular weight excluding hydrogens is 457 g/mol. The van der Waals surface area contributed by atoms with Crippen LogP contribution < -0.4 is 10.2 Å². The highest BCUT2D eigenvalue weighted by molar-refractivity contribution is 6.36. The molecule has 0 aliphatic carbocycles. The molecule has 1 saturated heterocycles. The van der Waals surface area contributed by atoms with Crippen molar-refractivity contribution in [2.45, 2.75) is 26.2 Å². The van der Waals surface area contributed by atoms with Gasteiger partial charge in [-0.3, -0.25) is 4.79 Å². The maximum Gasteiger partial charge on any atom is 0.266 e. The average molecular weight is 480 g/mol. The van der Waals surface area contributed by atoms with Gasteiger partial charge in [-0.25, -0.2) is 4.68 Å². The molecule has 1 amide bonds. The Kier molecular flexibility index (Phi) is 7.02. The van der Waals surface area contributed by atoms with Crippen molar-refractivity contribution in [3.05, 3.63) is 75.4 Å². The summed E-state index contributed by atoms with van der Waals surface area (Å²) in [5, 5.41) is 18.0. The molecule has 8 heteroatoms. The van der Waals surface area contributed by atoms with Crippen LogP contribution in [0.5, 0.6) is 0 Å². The Hall–Kier alpha value is -3.27. The molecule has 1 fully saturated rings. The number of aromatic nitrogens is 2. The Balaban J connectivity index is 1.75. The Labute approximate surface area is 203 Å². The number of rotatable bonds is 5. The molecule has 4 rings (SSSR count). The molecule has 1 aliphatic rings. The topological polar surface area (TPSA) is 74.0 Å². The van der Waals surface area contributed by atoms with E-state index in [-0.39, 0.29) is 5.57 Å². The predicted molar refractivity (Wildman–Crippen MR) is 133 cm³/mol. The second-order valence-electron chi connectivity index (χ2n) is 7.87. The molecule has 0 radical (unpaired) electrons. The molecule has 33 heavy (non-hydrogen) atoms. The lowest BCUT2D eigenvalue weighted by molar-refractivity contribution is -0.112. The lowest BCUT2D eigenvalue weighted by atomic mass is 10.1. The molecule has 6 nitrogen and oxygen atoms in total. The Bertz CT molecular complexity index is 1240. The SMILES string of the molecule is Cc1nn(-c2ccccc2)c(N2CCCCC2)c1/C=C(/C#N)C(=O)Nc1ccc(Cl)cc1Cl. The van der Waals surface area contributed by atoms with Crippen molar-refractivity contribution >= 4 is 46.7 Å². The summed E-state index contributed by atoms with van der Waals surface area (Å²) >= 11 is 12.1. The zero-order chi connectivity index (χ0) is 23.4. The van der Waals surface area contributed by atoms with Crippen LogP contribution in [0.3, 0.4) is 0 Å². The van der Waals surface area contributed by atoms with Crippen LogP contribution in [0, 0.1) is 18.3 Å². The molecule has 1 aromatic heterocycles. The molecule has 0 saturated carbocycles. The summed E-state index contributed by atoms with van der Waals surface area (Å²) in [5.41, 5.74) is 2.78. The van der Waals surface area contributed by atoms with Crippen molar-refractivity contribution in [3.63, 3.8) is 0 Å². The van der Waals surface area contributed by atoms with E-state index in [1.54, 1.807) is 18.2 Å². The largest absolute Gasteiger partial charge is 0.356 e. The summed E-state index contributed by atoms with van der Waals surface area (Å²) in [6.45, 7) is 3.68. The van der Waals surface area contributed by atoms with E-state index in [0.29, 0.717) is 15.7 Å². The van der Waals surface area contributed by atoms with Gasteiger partial charge in [0.25, 0.3) is 5.91 Å². The summed E-state index contributed by atoms with van der Waals surface area (Å²) < 4.78 is 1.90. The molecular formula is C25H23Cl2N5O. The quantitative estimate of drug-likeness (QED) is 0.358. The Morgan fingerprint density at radius 2 is 1.85 bits per heavy atom. The van der Waals surface area contributed by atoms with Crippen molar-refractivity contribution in [1.82, 2.24) is 9.78 Å². The van der Waals surface area contributed by atoms with Gasteiger partial charge in [0.15, 0.2) is 0 Å². The molecule has 0 bridgehead atoms. The van der Waals surface area contributed by atoms with Gasteiger partial charge in [-0.05, 0) is 62.6 Å². The van der Waals surface area contributed by atoms with Gasteiger partial charge >= 0.3 is 0 Å². The summed E-state index contributed by atoms with van der Waals surface area (Å²) in [5.74, 6) is 0.349. The van der Waals surface area contributed by atoms with Gasteiger partial charge in [0.05, 0.1) is 22.1 Å². The number of halogens is 2. The maximum absolute atomic E-state index is 12.9. The van der Waals surface area contributed by atoms with Crippen LogP contribution in [0.4, 0.5) is 11.5 Å². The zero-order valence-corrected chi connectivity index (χ0v) is 19.7. The van der Waals surface area contributed by atoms with E-state index in [9.17, 15) is 10.1 Å². The van der Waals surface area contributed by atoms with Gasteiger partial charge in [0.2, 0.25) is 0 Å². The number of benzene rings is 2. The van der Waals surface area contributed by atoms with Crippen LogP contribution in [-0.2, 0) is 4.79 Å². The number of hydrogen-bond acceptors (Lipinski definition) is 4. The van der Waals surface area contributed by atoms with E-state index >= 15 is 0 Å². The first-order valence-electron chi connectivity index (χ1n) is 10.8. The minimum atomic E-state index is -0.543. The van der Waals surface area contributed by atoms with Crippen molar-refractivity contribution in [2.75, 3.05) is 23.3 Å². The number of nitrogens with one attached hydrogen (secondary N) is 1. The first kappa shape index (κ1) is 22.9. The van der Waals surface area contributed by atoms with Crippen LogP contribution >= 0.6 is 23.2 Å². The van der Waals surface area contributed by atoms with Gasteiger partial charge in [-0.1, -0.05) is 41.4 Å². The van der Waals surface area contributed by atoms with Crippen LogP contribution in [0.25, 0.3) is 11.8 Å². The monoisotopic (exact) mass is 479 g/mol. The van der Waals surface area contributed by atoms with Crippen LogP contribution in [0.2, 0.25) is 10.0 Å². The Morgan fingerprint density at radius 3 is 2.52 bits per heavy atom. The van der Waals surface area contributed by atoms with Gasteiger partial charge in [-0.15, -0.1) is 0 Å². The van der Waals surface area contributed by atoms with E-state index in [1.165, 1.54) is 12.5 Å². The third kappa shape index (κ3) is 5.05.